The maximum atomic E-state index is 16.4. The SMILES string of the molecule is O=C(O)C1CCC(OC(F)(C(=O)Cc2ccc(Nc3nc4ccccc4s3)c(Cl)c2)N2CCCC2)CC1. The number of carbonyl (C=O) groups excluding carboxylic acids is 1. The number of thiazole rings is 1. The van der Waals surface area contributed by atoms with Gasteiger partial charge in [-0.05, 0) is 68.4 Å². The smallest absolute Gasteiger partial charge is 0.330 e. The minimum Gasteiger partial charge on any atom is -0.481 e. The van der Waals surface area contributed by atoms with Gasteiger partial charge in [0.25, 0.3) is 0 Å². The molecule has 2 heterocycles. The second-order valence-corrected chi connectivity index (χ2v) is 11.1. The van der Waals surface area contributed by atoms with Crippen LogP contribution < -0.4 is 5.32 Å². The van der Waals surface area contributed by atoms with Crippen LogP contribution in [-0.4, -0.2) is 51.9 Å². The number of benzene rings is 2. The summed E-state index contributed by atoms with van der Waals surface area (Å²) in [6.45, 7) is 0.886. The Morgan fingerprint density at radius 2 is 1.89 bits per heavy atom. The third-order valence-corrected chi connectivity index (χ3v) is 8.40. The van der Waals surface area contributed by atoms with Gasteiger partial charge >= 0.3 is 11.9 Å². The quantitative estimate of drug-likeness (QED) is 0.310. The molecule has 37 heavy (non-hydrogen) atoms. The van der Waals surface area contributed by atoms with Crippen molar-refractivity contribution in [2.45, 2.75) is 57.0 Å². The van der Waals surface area contributed by atoms with Crippen molar-refractivity contribution in [1.29, 1.82) is 0 Å². The number of rotatable bonds is 9. The number of para-hydroxylation sites is 1. The van der Waals surface area contributed by atoms with Crippen LogP contribution in [0.25, 0.3) is 10.2 Å². The van der Waals surface area contributed by atoms with Crippen LogP contribution >= 0.6 is 22.9 Å². The van der Waals surface area contributed by atoms with Crippen LogP contribution in [0.2, 0.25) is 5.02 Å². The summed E-state index contributed by atoms with van der Waals surface area (Å²) >= 11 is 8.03. The molecule has 2 fully saturated rings. The summed E-state index contributed by atoms with van der Waals surface area (Å²) in [5.41, 5.74) is 2.13. The molecule has 2 aliphatic rings. The second-order valence-electron chi connectivity index (χ2n) is 9.71. The van der Waals surface area contributed by atoms with Gasteiger partial charge in [0.1, 0.15) is 0 Å². The molecular formula is C27H29ClFN3O4S. The fraction of sp³-hybridized carbons (Fsp3) is 0.444. The van der Waals surface area contributed by atoms with Gasteiger partial charge in [0.05, 0.1) is 32.9 Å². The van der Waals surface area contributed by atoms with E-state index in [9.17, 15) is 14.7 Å². The molecule has 2 aromatic carbocycles. The summed E-state index contributed by atoms with van der Waals surface area (Å²) in [6.07, 6.45) is 2.61. The third-order valence-electron chi connectivity index (χ3n) is 7.14. The van der Waals surface area contributed by atoms with Crippen LogP contribution in [0.5, 0.6) is 0 Å². The number of hydrogen-bond donors (Lipinski definition) is 2. The van der Waals surface area contributed by atoms with Crippen molar-refractivity contribution in [2.24, 2.45) is 5.92 Å². The number of ether oxygens (including phenoxy) is 1. The molecule has 5 rings (SSSR count). The fourth-order valence-corrected chi connectivity index (χ4v) is 6.20. The molecule has 3 aromatic rings. The number of fused-ring (bicyclic) bond motifs is 1. The number of likely N-dealkylation sites (tertiary alicyclic amines) is 1. The van der Waals surface area contributed by atoms with Crippen LogP contribution in [0, 0.1) is 5.92 Å². The maximum absolute atomic E-state index is 16.4. The normalized spacial score (nSPS) is 22.1. The molecule has 1 atom stereocenters. The molecule has 196 valence electrons. The van der Waals surface area contributed by atoms with Crippen molar-refractivity contribution in [3.63, 3.8) is 0 Å². The molecule has 1 saturated heterocycles. The molecule has 1 unspecified atom stereocenters. The number of nitrogens with one attached hydrogen (secondary N) is 1. The standard InChI is InChI=1S/C27H29ClFN3O4S/c28-20-15-17(7-12-21(20)30-26-31-22-5-1-2-6-23(22)37-26)16-24(33)27(29,32-13-3-4-14-32)36-19-10-8-18(9-11-19)25(34)35/h1-2,5-7,12,15,18-19H,3-4,8-11,13-14,16H2,(H,30,31)(H,34,35). The predicted octanol–water partition coefficient (Wildman–Crippen LogP) is 6.18. The lowest BCUT2D eigenvalue weighted by Gasteiger charge is -2.37. The first kappa shape index (κ1) is 26.0. The van der Waals surface area contributed by atoms with Gasteiger partial charge in [-0.2, -0.15) is 4.39 Å². The molecule has 1 saturated carbocycles. The van der Waals surface area contributed by atoms with Crippen molar-refractivity contribution >= 4 is 55.7 Å². The van der Waals surface area contributed by atoms with Crippen molar-refractivity contribution in [3.05, 3.63) is 53.1 Å². The molecule has 1 aromatic heterocycles. The van der Waals surface area contributed by atoms with E-state index >= 15 is 4.39 Å². The number of anilines is 2. The number of alkyl halides is 1. The topological polar surface area (TPSA) is 91.8 Å². The average molecular weight is 546 g/mol. The maximum Gasteiger partial charge on any atom is 0.330 e. The second kappa shape index (κ2) is 11.0. The molecule has 0 radical (unpaired) electrons. The van der Waals surface area contributed by atoms with Crippen LogP contribution in [0.4, 0.5) is 15.2 Å². The number of aliphatic carboxylic acids is 1. The Bertz CT molecular complexity index is 1260. The Labute approximate surface area is 223 Å². The van der Waals surface area contributed by atoms with Gasteiger partial charge in [-0.1, -0.05) is 41.1 Å². The fourth-order valence-electron chi connectivity index (χ4n) is 5.08. The zero-order valence-corrected chi connectivity index (χ0v) is 21.9. The summed E-state index contributed by atoms with van der Waals surface area (Å²) in [5.74, 6) is -4.48. The molecule has 0 bridgehead atoms. The Balaban J connectivity index is 1.28. The van der Waals surface area contributed by atoms with E-state index in [0.29, 0.717) is 60.2 Å². The highest BCUT2D eigenvalue weighted by Crippen LogP contribution is 2.35. The molecular weight excluding hydrogens is 517 g/mol. The zero-order chi connectivity index (χ0) is 26.0. The van der Waals surface area contributed by atoms with Crippen LogP contribution in [0.1, 0.15) is 44.1 Å². The number of carbonyl (C=O) groups is 2. The molecule has 0 amide bonds. The Morgan fingerprint density at radius 1 is 1.16 bits per heavy atom. The van der Waals surface area contributed by atoms with Gasteiger partial charge in [0.2, 0.25) is 5.78 Å². The molecule has 10 heteroatoms. The van der Waals surface area contributed by atoms with E-state index in [2.05, 4.69) is 10.3 Å². The monoisotopic (exact) mass is 545 g/mol. The number of halogens is 2. The minimum absolute atomic E-state index is 0.168. The van der Waals surface area contributed by atoms with E-state index in [1.807, 2.05) is 24.3 Å². The lowest BCUT2D eigenvalue weighted by molar-refractivity contribution is -0.252. The summed E-state index contributed by atoms with van der Waals surface area (Å²) in [7, 11) is 0. The lowest BCUT2D eigenvalue weighted by Crippen LogP contribution is -2.54. The number of hydrogen-bond acceptors (Lipinski definition) is 7. The summed E-state index contributed by atoms with van der Waals surface area (Å²) in [6, 6.07) is 13.0. The molecule has 2 N–H and O–H groups in total. The molecule has 7 nitrogen and oxygen atoms in total. The average Bonchev–Trinajstić information content (AvgIpc) is 3.56. The van der Waals surface area contributed by atoms with Crippen molar-refractivity contribution in [3.8, 4) is 0 Å². The zero-order valence-electron chi connectivity index (χ0n) is 20.3. The molecule has 1 aliphatic heterocycles. The summed E-state index contributed by atoms with van der Waals surface area (Å²) < 4.78 is 23.3. The first-order chi connectivity index (χ1) is 17.8. The highest BCUT2D eigenvalue weighted by atomic mass is 35.5. The number of Topliss-reactive ketones (excluding diaryl/α,β-unsaturated/α-hetero) is 1. The first-order valence-corrected chi connectivity index (χ1v) is 13.8. The van der Waals surface area contributed by atoms with Gasteiger partial charge in [-0.25, -0.2) is 9.88 Å². The van der Waals surface area contributed by atoms with Gasteiger partial charge in [-0.3, -0.25) is 9.59 Å². The first-order valence-electron chi connectivity index (χ1n) is 12.6. The van der Waals surface area contributed by atoms with E-state index < -0.39 is 29.8 Å². The number of ketones is 1. The van der Waals surface area contributed by atoms with Crippen LogP contribution in [-0.2, 0) is 20.7 Å². The van der Waals surface area contributed by atoms with Crippen molar-refractivity contribution < 1.29 is 23.8 Å². The number of nitrogens with zero attached hydrogens (tertiary/aromatic N) is 2. The Kier molecular flexibility index (Phi) is 7.76. The predicted molar refractivity (Wildman–Crippen MR) is 142 cm³/mol. The largest absolute Gasteiger partial charge is 0.481 e. The molecule has 1 aliphatic carbocycles. The van der Waals surface area contributed by atoms with E-state index in [0.717, 1.165) is 23.1 Å². The van der Waals surface area contributed by atoms with Gasteiger partial charge in [0.15, 0.2) is 5.13 Å². The number of carboxylic acid groups (broad SMARTS) is 1. The third kappa shape index (κ3) is 5.80. The van der Waals surface area contributed by atoms with E-state index in [-0.39, 0.29) is 6.42 Å². The van der Waals surface area contributed by atoms with Crippen LogP contribution in [0.15, 0.2) is 42.5 Å². The number of aromatic nitrogens is 1. The molecule has 0 spiro atoms. The Morgan fingerprint density at radius 3 is 2.57 bits per heavy atom. The van der Waals surface area contributed by atoms with Crippen molar-refractivity contribution in [1.82, 2.24) is 9.88 Å². The van der Waals surface area contributed by atoms with E-state index in [4.69, 9.17) is 16.3 Å². The van der Waals surface area contributed by atoms with Gasteiger partial charge in [0, 0.05) is 19.5 Å². The minimum atomic E-state index is -2.54. The lowest BCUT2D eigenvalue weighted by atomic mass is 9.87. The van der Waals surface area contributed by atoms with Gasteiger partial charge < -0.3 is 15.2 Å². The Hall–Kier alpha value is -2.59. The van der Waals surface area contributed by atoms with Gasteiger partial charge in [-0.15, -0.1) is 0 Å². The highest BCUT2D eigenvalue weighted by Gasteiger charge is 2.48. The summed E-state index contributed by atoms with van der Waals surface area (Å²) in [5, 5.41) is 13.6. The van der Waals surface area contributed by atoms with Crippen LogP contribution in [0.3, 0.4) is 0 Å². The van der Waals surface area contributed by atoms with E-state index in [1.165, 1.54) is 16.2 Å². The van der Waals surface area contributed by atoms with Crippen molar-refractivity contribution in [2.75, 3.05) is 18.4 Å². The van der Waals surface area contributed by atoms with E-state index in [1.54, 1.807) is 18.2 Å². The number of carboxylic acids is 1. The summed E-state index contributed by atoms with van der Waals surface area (Å²) in [4.78, 5) is 30.6. The highest BCUT2D eigenvalue weighted by molar-refractivity contribution is 7.22.